The molecule has 0 spiro atoms. The maximum absolute atomic E-state index is 9.27. The predicted molar refractivity (Wildman–Crippen MR) is 79.5 cm³/mol. The fourth-order valence-electron chi connectivity index (χ4n) is 1.87. The lowest BCUT2D eigenvalue weighted by molar-refractivity contribution is 1.46. The summed E-state index contributed by atoms with van der Waals surface area (Å²) < 4.78 is 1.14. The molecule has 2 nitrogen and oxygen atoms in total. The highest BCUT2D eigenvalue weighted by Gasteiger charge is 2.04. The number of hydrogen-bond donors (Lipinski definition) is 0. The first-order valence-electron chi connectivity index (χ1n) is 5.89. The topological polar surface area (TPSA) is 36.7 Å². The van der Waals surface area contributed by atoms with Crippen LogP contribution in [-0.2, 0) is 0 Å². The average molecular weight is 262 g/mol. The van der Waals surface area contributed by atoms with Gasteiger partial charge in [0.05, 0.1) is 21.9 Å². The Balaban J connectivity index is 2.06. The maximum atomic E-state index is 9.27. The summed E-state index contributed by atoms with van der Waals surface area (Å²) >= 11 is 1.60. The SMILES string of the molecule is N#C/C(=C\c1nc2ccccc2s1)c1ccccc1. The van der Waals surface area contributed by atoms with Crippen LogP contribution in [0.25, 0.3) is 21.9 Å². The first kappa shape index (κ1) is 11.6. The van der Waals surface area contributed by atoms with Gasteiger partial charge in [0.25, 0.3) is 0 Å². The molecule has 19 heavy (non-hydrogen) atoms. The highest BCUT2D eigenvalue weighted by molar-refractivity contribution is 7.19. The molecule has 2 aromatic carbocycles. The Labute approximate surface area is 115 Å². The number of hydrogen-bond acceptors (Lipinski definition) is 3. The number of benzene rings is 2. The number of nitrogens with zero attached hydrogens (tertiary/aromatic N) is 2. The van der Waals surface area contributed by atoms with E-state index in [0.717, 1.165) is 20.8 Å². The van der Waals surface area contributed by atoms with Crippen LogP contribution in [-0.4, -0.2) is 4.98 Å². The molecular weight excluding hydrogens is 252 g/mol. The minimum Gasteiger partial charge on any atom is -0.237 e. The van der Waals surface area contributed by atoms with E-state index >= 15 is 0 Å². The van der Waals surface area contributed by atoms with E-state index in [1.54, 1.807) is 11.3 Å². The first-order chi connectivity index (χ1) is 9.36. The Hall–Kier alpha value is -2.44. The van der Waals surface area contributed by atoms with Gasteiger partial charge < -0.3 is 0 Å². The Morgan fingerprint density at radius 2 is 1.79 bits per heavy atom. The van der Waals surface area contributed by atoms with Gasteiger partial charge in [0.2, 0.25) is 0 Å². The molecule has 0 amide bonds. The smallest absolute Gasteiger partial charge is 0.118 e. The number of allylic oxidation sites excluding steroid dienone is 1. The van der Waals surface area contributed by atoms with E-state index < -0.39 is 0 Å². The second-order valence-corrected chi connectivity index (χ2v) is 5.12. The number of rotatable bonds is 2. The molecule has 0 N–H and O–H groups in total. The van der Waals surface area contributed by atoms with Gasteiger partial charge in [-0.2, -0.15) is 5.26 Å². The van der Waals surface area contributed by atoms with Crippen LogP contribution in [0.5, 0.6) is 0 Å². The van der Waals surface area contributed by atoms with Gasteiger partial charge in [0.1, 0.15) is 5.01 Å². The van der Waals surface area contributed by atoms with E-state index in [9.17, 15) is 5.26 Å². The quantitative estimate of drug-likeness (QED) is 0.643. The summed E-state index contributed by atoms with van der Waals surface area (Å²) in [7, 11) is 0. The molecule has 0 saturated carbocycles. The fourth-order valence-corrected chi connectivity index (χ4v) is 2.78. The first-order valence-corrected chi connectivity index (χ1v) is 6.71. The summed E-state index contributed by atoms with van der Waals surface area (Å²) in [6.45, 7) is 0. The normalized spacial score (nSPS) is 11.4. The summed E-state index contributed by atoms with van der Waals surface area (Å²) in [6.07, 6.45) is 1.85. The number of nitriles is 1. The number of thiazole rings is 1. The van der Waals surface area contributed by atoms with Crippen molar-refractivity contribution in [1.29, 1.82) is 5.26 Å². The zero-order valence-corrected chi connectivity index (χ0v) is 10.9. The molecular formula is C16H10N2S. The molecule has 0 aliphatic rings. The maximum Gasteiger partial charge on any atom is 0.118 e. The van der Waals surface area contributed by atoms with E-state index in [4.69, 9.17) is 0 Å². The van der Waals surface area contributed by atoms with Crippen LogP contribution in [0.4, 0.5) is 0 Å². The summed E-state index contributed by atoms with van der Waals surface area (Å²) in [5.74, 6) is 0. The van der Waals surface area contributed by atoms with Crippen molar-refractivity contribution in [3.8, 4) is 6.07 Å². The highest BCUT2D eigenvalue weighted by atomic mass is 32.1. The van der Waals surface area contributed by atoms with Gasteiger partial charge in [-0.15, -0.1) is 11.3 Å². The monoisotopic (exact) mass is 262 g/mol. The Morgan fingerprint density at radius 3 is 2.53 bits per heavy atom. The molecule has 0 radical (unpaired) electrons. The highest BCUT2D eigenvalue weighted by Crippen LogP contribution is 2.25. The predicted octanol–water partition coefficient (Wildman–Crippen LogP) is 4.36. The Bertz CT molecular complexity index is 746. The molecule has 0 bridgehead atoms. The van der Waals surface area contributed by atoms with Crippen LogP contribution in [0, 0.1) is 11.3 Å². The molecule has 3 rings (SSSR count). The van der Waals surface area contributed by atoms with Crippen molar-refractivity contribution in [2.24, 2.45) is 0 Å². The lowest BCUT2D eigenvalue weighted by atomic mass is 10.1. The lowest BCUT2D eigenvalue weighted by Crippen LogP contribution is -1.80. The van der Waals surface area contributed by atoms with E-state index in [1.807, 2.05) is 60.7 Å². The van der Waals surface area contributed by atoms with Crippen molar-refractivity contribution >= 4 is 33.2 Å². The van der Waals surface area contributed by atoms with Crippen molar-refractivity contribution in [3.05, 3.63) is 65.2 Å². The van der Waals surface area contributed by atoms with Crippen molar-refractivity contribution in [3.63, 3.8) is 0 Å². The molecule has 3 heteroatoms. The second-order valence-electron chi connectivity index (χ2n) is 4.06. The van der Waals surface area contributed by atoms with E-state index in [0.29, 0.717) is 5.57 Å². The van der Waals surface area contributed by atoms with Crippen LogP contribution in [0.15, 0.2) is 54.6 Å². The van der Waals surface area contributed by atoms with Gasteiger partial charge >= 0.3 is 0 Å². The van der Waals surface area contributed by atoms with Gasteiger partial charge in [0.15, 0.2) is 0 Å². The third kappa shape index (κ3) is 2.40. The minimum absolute atomic E-state index is 0.639. The molecule has 90 valence electrons. The van der Waals surface area contributed by atoms with Crippen molar-refractivity contribution in [1.82, 2.24) is 4.98 Å². The van der Waals surface area contributed by atoms with Crippen LogP contribution in [0.1, 0.15) is 10.6 Å². The molecule has 3 aromatic rings. The van der Waals surface area contributed by atoms with Crippen molar-refractivity contribution in [2.75, 3.05) is 0 Å². The zero-order valence-electron chi connectivity index (χ0n) is 10.1. The Kier molecular flexibility index (Phi) is 3.09. The fraction of sp³-hybridized carbons (Fsp3) is 0. The van der Waals surface area contributed by atoms with Crippen LogP contribution in [0.2, 0.25) is 0 Å². The number of fused-ring (bicyclic) bond motifs is 1. The molecule has 0 aliphatic heterocycles. The van der Waals surface area contributed by atoms with E-state index in [-0.39, 0.29) is 0 Å². The minimum atomic E-state index is 0.639. The third-order valence-corrected chi connectivity index (χ3v) is 3.77. The van der Waals surface area contributed by atoms with Gasteiger partial charge in [-0.05, 0) is 23.8 Å². The summed E-state index contributed by atoms with van der Waals surface area (Å²) in [5.41, 5.74) is 2.54. The van der Waals surface area contributed by atoms with Crippen LogP contribution in [0.3, 0.4) is 0 Å². The van der Waals surface area contributed by atoms with Gasteiger partial charge in [-0.25, -0.2) is 4.98 Å². The lowest BCUT2D eigenvalue weighted by Gasteiger charge is -1.96. The van der Waals surface area contributed by atoms with Gasteiger partial charge in [-0.3, -0.25) is 0 Å². The molecule has 1 aromatic heterocycles. The zero-order chi connectivity index (χ0) is 13.1. The van der Waals surface area contributed by atoms with E-state index in [1.165, 1.54) is 0 Å². The van der Waals surface area contributed by atoms with E-state index in [2.05, 4.69) is 11.1 Å². The van der Waals surface area contributed by atoms with Gasteiger partial charge in [-0.1, -0.05) is 42.5 Å². The largest absolute Gasteiger partial charge is 0.237 e. The van der Waals surface area contributed by atoms with Gasteiger partial charge in [0, 0.05) is 0 Å². The number of aromatic nitrogens is 1. The molecule has 0 atom stereocenters. The molecule has 0 aliphatic carbocycles. The standard InChI is InChI=1S/C16H10N2S/c17-11-13(12-6-2-1-3-7-12)10-16-18-14-8-4-5-9-15(14)19-16/h1-10H/b13-10+. The molecule has 0 unspecified atom stereocenters. The summed E-state index contributed by atoms with van der Waals surface area (Å²) in [5, 5.41) is 10.1. The summed E-state index contributed by atoms with van der Waals surface area (Å²) in [4.78, 5) is 4.52. The van der Waals surface area contributed by atoms with Crippen LogP contribution >= 0.6 is 11.3 Å². The Morgan fingerprint density at radius 1 is 1.05 bits per heavy atom. The number of para-hydroxylation sites is 1. The average Bonchev–Trinajstić information content (AvgIpc) is 2.88. The van der Waals surface area contributed by atoms with Crippen LogP contribution < -0.4 is 0 Å². The molecule has 0 fully saturated rings. The molecule has 0 saturated heterocycles. The van der Waals surface area contributed by atoms with Crippen molar-refractivity contribution < 1.29 is 0 Å². The third-order valence-electron chi connectivity index (χ3n) is 2.78. The second kappa shape index (κ2) is 5.05. The summed E-state index contributed by atoms with van der Waals surface area (Å²) in [6, 6.07) is 19.9. The van der Waals surface area contributed by atoms with Crippen molar-refractivity contribution in [2.45, 2.75) is 0 Å². The molecule has 1 heterocycles.